The molecule has 0 radical (unpaired) electrons. The third-order valence-corrected chi connectivity index (χ3v) is 2.31. The Balaban J connectivity index is 2.34. The maximum Gasteiger partial charge on any atom is 0.313 e. The second kappa shape index (κ2) is 4.44. The maximum atomic E-state index is 11.6. The van der Waals surface area contributed by atoms with Crippen molar-refractivity contribution in [3.8, 4) is 11.6 Å². The summed E-state index contributed by atoms with van der Waals surface area (Å²) < 4.78 is 7.51. The number of aromatic nitrogens is 3. The molecule has 0 unspecified atom stereocenters. The highest BCUT2D eigenvalue weighted by Crippen LogP contribution is 2.19. The topological polar surface area (TPSA) is 57.0 Å². The summed E-state index contributed by atoms with van der Waals surface area (Å²) in [5, 5.41) is 0. The molecule has 0 saturated heterocycles. The Morgan fingerprint density at radius 3 is 3.00 bits per heavy atom. The molecule has 0 amide bonds. The van der Waals surface area contributed by atoms with Crippen LogP contribution >= 0.6 is 15.9 Å². The van der Waals surface area contributed by atoms with Crippen LogP contribution in [-0.2, 0) is 7.05 Å². The Morgan fingerprint density at radius 2 is 2.25 bits per heavy atom. The van der Waals surface area contributed by atoms with Crippen LogP contribution in [0.1, 0.15) is 0 Å². The van der Waals surface area contributed by atoms with Crippen molar-refractivity contribution in [3.05, 3.63) is 45.7 Å². The number of rotatable bonds is 2. The lowest BCUT2D eigenvalue weighted by Crippen LogP contribution is -2.18. The first-order valence-corrected chi connectivity index (χ1v) is 5.26. The fourth-order valence-corrected chi connectivity index (χ4v) is 1.45. The van der Waals surface area contributed by atoms with Crippen molar-refractivity contribution in [1.82, 2.24) is 14.5 Å². The van der Waals surface area contributed by atoms with Crippen molar-refractivity contribution in [2.45, 2.75) is 0 Å². The zero-order chi connectivity index (χ0) is 11.5. The number of hydrogen-bond acceptors (Lipinski definition) is 4. The third-order valence-electron chi connectivity index (χ3n) is 1.88. The summed E-state index contributed by atoms with van der Waals surface area (Å²) in [5.74, 6) is 0.495. The normalized spacial score (nSPS) is 10.1. The van der Waals surface area contributed by atoms with E-state index in [1.165, 1.54) is 17.0 Å². The summed E-state index contributed by atoms with van der Waals surface area (Å²) in [4.78, 5) is 19.4. The third kappa shape index (κ3) is 2.27. The van der Waals surface area contributed by atoms with Crippen molar-refractivity contribution in [2.24, 2.45) is 7.05 Å². The molecule has 0 aliphatic rings. The first-order valence-electron chi connectivity index (χ1n) is 4.47. The molecule has 0 fully saturated rings. The first-order chi connectivity index (χ1) is 7.66. The van der Waals surface area contributed by atoms with Gasteiger partial charge in [0.15, 0.2) is 0 Å². The summed E-state index contributed by atoms with van der Waals surface area (Å²) in [7, 11) is 1.63. The highest BCUT2D eigenvalue weighted by Gasteiger charge is 2.05. The second-order valence-electron chi connectivity index (χ2n) is 3.09. The smallest absolute Gasteiger partial charge is 0.313 e. The van der Waals surface area contributed by atoms with Crippen LogP contribution in [0.2, 0.25) is 0 Å². The number of halogens is 1. The fraction of sp³-hybridized carbons (Fsp3) is 0.100. The van der Waals surface area contributed by atoms with Gasteiger partial charge in [0.1, 0.15) is 5.75 Å². The minimum Gasteiger partial charge on any atom is -0.433 e. The van der Waals surface area contributed by atoms with Gasteiger partial charge in [-0.2, -0.15) is 0 Å². The Morgan fingerprint density at radius 1 is 1.44 bits per heavy atom. The average Bonchev–Trinajstić information content (AvgIpc) is 2.25. The van der Waals surface area contributed by atoms with Gasteiger partial charge in [0, 0.05) is 30.1 Å². The molecule has 0 N–H and O–H groups in total. The molecule has 16 heavy (non-hydrogen) atoms. The zero-order valence-electron chi connectivity index (χ0n) is 8.42. The average molecular weight is 282 g/mol. The predicted molar refractivity (Wildman–Crippen MR) is 61.5 cm³/mol. The van der Waals surface area contributed by atoms with E-state index in [4.69, 9.17) is 4.74 Å². The SMILES string of the molecule is Cn1ccnc(Oc2cncc(Br)c2)c1=O. The molecule has 0 aromatic carbocycles. The predicted octanol–water partition coefficient (Wildman–Crippen LogP) is 1.73. The van der Waals surface area contributed by atoms with Crippen LogP contribution in [0.3, 0.4) is 0 Å². The van der Waals surface area contributed by atoms with Crippen LogP contribution in [0.5, 0.6) is 11.6 Å². The van der Waals surface area contributed by atoms with E-state index in [0.29, 0.717) is 5.75 Å². The molecule has 0 bridgehead atoms. The molecule has 2 rings (SSSR count). The summed E-state index contributed by atoms with van der Waals surface area (Å²) in [5.41, 5.74) is -0.289. The van der Waals surface area contributed by atoms with Gasteiger partial charge in [-0.05, 0) is 22.0 Å². The van der Waals surface area contributed by atoms with E-state index in [2.05, 4.69) is 25.9 Å². The van der Waals surface area contributed by atoms with Crippen LogP contribution in [0.4, 0.5) is 0 Å². The molecule has 2 heterocycles. The van der Waals surface area contributed by atoms with Crippen molar-refractivity contribution in [2.75, 3.05) is 0 Å². The molecular formula is C10H8BrN3O2. The number of nitrogens with zero attached hydrogens (tertiary/aromatic N) is 3. The fourth-order valence-electron chi connectivity index (χ4n) is 1.10. The molecular weight excluding hydrogens is 274 g/mol. The zero-order valence-corrected chi connectivity index (χ0v) is 10.0. The Bertz CT molecular complexity index is 568. The monoisotopic (exact) mass is 281 g/mol. The van der Waals surface area contributed by atoms with Crippen LogP contribution in [-0.4, -0.2) is 14.5 Å². The Kier molecular flexibility index (Phi) is 3.00. The molecule has 0 spiro atoms. The summed E-state index contributed by atoms with van der Waals surface area (Å²) in [6, 6.07) is 1.71. The van der Waals surface area contributed by atoms with E-state index >= 15 is 0 Å². The Hall–Kier alpha value is -1.69. The maximum absolute atomic E-state index is 11.6. The number of aryl methyl sites for hydroxylation is 1. The molecule has 2 aromatic heterocycles. The van der Waals surface area contributed by atoms with Gasteiger partial charge in [0.25, 0.3) is 5.88 Å². The lowest BCUT2D eigenvalue weighted by atomic mass is 10.5. The molecule has 2 aromatic rings. The van der Waals surface area contributed by atoms with Crippen molar-refractivity contribution in [1.29, 1.82) is 0 Å². The molecule has 6 heteroatoms. The molecule has 5 nitrogen and oxygen atoms in total. The van der Waals surface area contributed by atoms with Gasteiger partial charge in [0.05, 0.1) is 6.20 Å². The summed E-state index contributed by atoms with van der Waals surface area (Å²) in [6.07, 6.45) is 6.21. The lowest BCUT2D eigenvalue weighted by Gasteiger charge is -2.04. The van der Waals surface area contributed by atoms with E-state index in [0.717, 1.165) is 4.47 Å². The van der Waals surface area contributed by atoms with Gasteiger partial charge in [-0.3, -0.25) is 9.78 Å². The van der Waals surface area contributed by atoms with Crippen LogP contribution in [0, 0.1) is 0 Å². The van der Waals surface area contributed by atoms with Gasteiger partial charge in [0.2, 0.25) is 0 Å². The molecule has 0 aliphatic heterocycles. The highest BCUT2D eigenvalue weighted by molar-refractivity contribution is 9.10. The standard InChI is InChI=1S/C10H8BrN3O2/c1-14-3-2-13-9(10(14)15)16-8-4-7(11)5-12-6-8/h2-6H,1H3. The van der Waals surface area contributed by atoms with Crippen molar-refractivity contribution in [3.63, 3.8) is 0 Å². The molecule has 82 valence electrons. The number of pyridine rings is 1. The minimum atomic E-state index is -0.289. The van der Waals surface area contributed by atoms with Gasteiger partial charge < -0.3 is 9.30 Å². The van der Waals surface area contributed by atoms with E-state index in [1.54, 1.807) is 25.5 Å². The van der Waals surface area contributed by atoms with Gasteiger partial charge in [-0.25, -0.2) is 4.98 Å². The van der Waals surface area contributed by atoms with E-state index in [1.807, 2.05) is 0 Å². The van der Waals surface area contributed by atoms with E-state index in [-0.39, 0.29) is 11.4 Å². The Labute approximate surface area is 99.9 Å². The lowest BCUT2D eigenvalue weighted by molar-refractivity contribution is 0.446. The number of hydrogen-bond donors (Lipinski definition) is 0. The number of ether oxygens (including phenoxy) is 1. The van der Waals surface area contributed by atoms with Crippen LogP contribution in [0.25, 0.3) is 0 Å². The van der Waals surface area contributed by atoms with Gasteiger partial charge in [-0.1, -0.05) is 0 Å². The molecule has 0 aliphatic carbocycles. The van der Waals surface area contributed by atoms with Crippen molar-refractivity contribution >= 4 is 15.9 Å². The molecule has 0 atom stereocenters. The van der Waals surface area contributed by atoms with Crippen molar-refractivity contribution < 1.29 is 4.74 Å². The van der Waals surface area contributed by atoms with Crippen LogP contribution < -0.4 is 10.3 Å². The highest BCUT2D eigenvalue weighted by atomic mass is 79.9. The second-order valence-corrected chi connectivity index (χ2v) is 4.01. The van der Waals surface area contributed by atoms with E-state index in [9.17, 15) is 4.79 Å². The van der Waals surface area contributed by atoms with E-state index < -0.39 is 0 Å². The largest absolute Gasteiger partial charge is 0.433 e. The quantitative estimate of drug-likeness (QED) is 0.841. The van der Waals surface area contributed by atoms with Gasteiger partial charge >= 0.3 is 5.56 Å². The van der Waals surface area contributed by atoms with Gasteiger partial charge in [-0.15, -0.1) is 0 Å². The summed E-state index contributed by atoms with van der Waals surface area (Å²) in [6.45, 7) is 0. The van der Waals surface area contributed by atoms with Crippen LogP contribution in [0.15, 0.2) is 40.1 Å². The summed E-state index contributed by atoms with van der Waals surface area (Å²) >= 11 is 3.26. The first kappa shape index (κ1) is 10.8. The minimum absolute atomic E-state index is 0.0323. The molecule has 0 saturated carbocycles.